The van der Waals surface area contributed by atoms with E-state index in [0.29, 0.717) is 18.1 Å². The molecule has 0 spiro atoms. The Morgan fingerprint density at radius 3 is 2.61 bits per heavy atom. The highest BCUT2D eigenvalue weighted by molar-refractivity contribution is 9.10. The van der Waals surface area contributed by atoms with Gasteiger partial charge in [0.25, 0.3) is 5.91 Å². The molecule has 0 aliphatic heterocycles. The summed E-state index contributed by atoms with van der Waals surface area (Å²) in [7, 11) is 3.62. The van der Waals surface area contributed by atoms with Crippen molar-refractivity contribution in [1.29, 1.82) is 0 Å². The van der Waals surface area contributed by atoms with Gasteiger partial charge in [0.1, 0.15) is 12.3 Å². The van der Waals surface area contributed by atoms with E-state index >= 15 is 0 Å². The summed E-state index contributed by atoms with van der Waals surface area (Å²) in [6.45, 7) is 1.05. The van der Waals surface area contributed by atoms with Crippen LogP contribution in [0.25, 0.3) is 0 Å². The van der Waals surface area contributed by atoms with Gasteiger partial charge in [-0.05, 0) is 42.5 Å². The van der Waals surface area contributed by atoms with Crippen LogP contribution in [-0.2, 0) is 11.3 Å². The number of quaternary nitrogens is 1. The third-order valence-corrected chi connectivity index (χ3v) is 4.07. The van der Waals surface area contributed by atoms with Crippen LogP contribution in [0.3, 0.4) is 0 Å². The monoisotopic (exact) mass is 397 g/mol. The Morgan fingerprint density at radius 2 is 1.96 bits per heavy atom. The van der Waals surface area contributed by atoms with Gasteiger partial charge in [-0.1, -0.05) is 27.5 Å². The van der Waals surface area contributed by atoms with Crippen LogP contribution in [-0.4, -0.2) is 26.6 Å². The fraction of sp³-hybridized carbons (Fsp3) is 0.235. The molecule has 0 saturated carbocycles. The zero-order valence-corrected chi connectivity index (χ0v) is 15.4. The smallest absolute Gasteiger partial charge is 0.279 e. The third-order valence-electron chi connectivity index (χ3n) is 3.32. The molecule has 6 heteroatoms. The fourth-order valence-corrected chi connectivity index (χ4v) is 2.82. The molecule has 2 aromatic rings. The molecule has 0 bridgehead atoms. The molecule has 0 aliphatic carbocycles. The second-order valence-corrected chi connectivity index (χ2v) is 6.67. The number of benzene rings is 2. The van der Waals surface area contributed by atoms with Crippen molar-refractivity contribution < 1.29 is 14.4 Å². The van der Waals surface area contributed by atoms with Gasteiger partial charge < -0.3 is 15.0 Å². The fourth-order valence-electron chi connectivity index (χ4n) is 2.29. The summed E-state index contributed by atoms with van der Waals surface area (Å²) in [5.41, 5.74) is 1.80. The molecule has 1 unspecified atom stereocenters. The topological polar surface area (TPSA) is 42.8 Å². The standard InChI is InChI=1S/C17H18BrClN2O2/c1-21(10-12-9-13(18)3-8-16(12)23-2)11-17(22)20-15-6-4-14(19)5-7-15/h3-9H,10-11H2,1-2H3,(H,20,22)/p+1. The minimum Gasteiger partial charge on any atom is -0.496 e. The number of anilines is 1. The molecule has 2 rings (SSSR count). The first-order chi connectivity index (χ1) is 11.0. The van der Waals surface area contributed by atoms with Crippen molar-refractivity contribution in [3.05, 3.63) is 57.5 Å². The molecule has 2 aromatic carbocycles. The Bertz CT molecular complexity index is 677. The molecule has 122 valence electrons. The lowest BCUT2D eigenvalue weighted by Gasteiger charge is -2.16. The average Bonchev–Trinajstić information content (AvgIpc) is 2.49. The SMILES string of the molecule is COc1ccc(Br)cc1C[NH+](C)CC(=O)Nc1ccc(Cl)cc1. The normalized spacial score (nSPS) is 11.8. The molecule has 0 fully saturated rings. The highest BCUT2D eigenvalue weighted by Crippen LogP contribution is 2.22. The van der Waals surface area contributed by atoms with Gasteiger partial charge in [0.15, 0.2) is 6.54 Å². The number of carbonyl (C=O) groups excluding carboxylic acids is 1. The van der Waals surface area contributed by atoms with Crippen molar-refractivity contribution in [1.82, 2.24) is 0 Å². The largest absolute Gasteiger partial charge is 0.496 e. The Kier molecular flexibility index (Phi) is 6.45. The van der Waals surface area contributed by atoms with Gasteiger partial charge in [-0.3, -0.25) is 4.79 Å². The lowest BCUT2D eigenvalue weighted by Crippen LogP contribution is -3.08. The number of rotatable bonds is 6. The van der Waals surface area contributed by atoms with Crippen LogP contribution in [0, 0.1) is 0 Å². The van der Waals surface area contributed by atoms with E-state index in [4.69, 9.17) is 16.3 Å². The van der Waals surface area contributed by atoms with Crippen LogP contribution in [0.1, 0.15) is 5.56 Å². The van der Waals surface area contributed by atoms with E-state index in [-0.39, 0.29) is 5.91 Å². The Morgan fingerprint density at radius 1 is 1.26 bits per heavy atom. The Labute approximate surface area is 149 Å². The van der Waals surface area contributed by atoms with E-state index in [0.717, 1.165) is 26.4 Å². The number of hydrogen-bond donors (Lipinski definition) is 2. The summed E-state index contributed by atoms with van der Waals surface area (Å²) >= 11 is 9.29. The zero-order valence-electron chi connectivity index (χ0n) is 13.0. The molecule has 4 nitrogen and oxygen atoms in total. The van der Waals surface area contributed by atoms with Crippen molar-refractivity contribution in [3.63, 3.8) is 0 Å². The summed E-state index contributed by atoms with van der Waals surface area (Å²) in [4.78, 5) is 13.2. The third kappa shape index (κ3) is 5.53. The lowest BCUT2D eigenvalue weighted by molar-refractivity contribution is -0.885. The molecule has 2 N–H and O–H groups in total. The summed E-state index contributed by atoms with van der Waals surface area (Å²) in [5, 5.41) is 3.51. The maximum absolute atomic E-state index is 12.1. The predicted molar refractivity (Wildman–Crippen MR) is 96.2 cm³/mol. The molecule has 1 atom stereocenters. The highest BCUT2D eigenvalue weighted by atomic mass is 79.9. The lowest BCUT2D eigenvalue weighted by atomic mass is 10.2. The molecule has 1 amide bonds. The molecule has 0 saturated heterocycles. The van der Waals surface area contributed by atoms with Gasteiger partial charge >= 0.3 is 0 Å². The van der Waals surface area contributed by atoms with Crippen molar-refractivity contribution in [2.75, 3.05) is 26.0 Å². The second-order valence-electron chi connectivity index (χ2n) is 5.32. The van der Waals surface area contributed by atoms with Crippen LogP contribution >= 0.6 is 27.5 Å². The first-order valence-corrected chi connectivity index (χ1v) is 8.34. The van der Waals surface area contributed by atoms with Crippen molar-refractivity contribution >= 4 is 39.1 Å². The van der Waals surface area contributed by atoms with Crippen LogP contribution in [0.4, 0.5) is 5.69 Å². The number of ether oxygens (including phenoxy) is 1. The number of likely N-dealkylation sites (N-methyl/N-ethyl adjacent to an activating group) is 1. The predicted octanol–water partition coefficient (Wildman–Crippen LogP) is 2.76. The molecule has 0 aromatic heterocycles. The van der Waals surface area contributed by atoms with Crippen LogP contribution < -0.4 is 15.0 Å². The molecule has 0 aliphatic rings. The van der Waals surface area contributed by atoms with Crippen molar-refractivity contribution in [2.45, 2.75) is 6.54 Å². The van der Waals surface area contributed by atoms with E-state index in [9.17, 15) is 4.79 Å². The van der Waals surface area contributed by atoms with Gasteiger partial charge in [0, 0.05) is 20.7 Å². The maximum atomic E-state index is 12.1. The van der Waals surface area contributed by atoms with Crippen LogP contribution in [0.5, 0.6) is 5.75 Å². The number of nitrogens with one attached hydrogen (secondary N) is 2. The van der Waals surface area contributed by atoms with Gasteiger partial charge in [-0.25, -0.2) is 0 Å². The van der Waals surface area contributed by atoms with Gasteiger partial charge in [0.05, 0.1) is 14.2 Å². The Balaban J connectivity index is 1.93. The van der Waals surface area contributed by atoms with E-state index in [1.54, 1.807) is 31.4 Å². The summed E-state index contributed by atoms with van der Waals surface area (Å²) in [6, 6.07) is 12.9. The summed E-state index contributed by atoms with van der Waals surface area (Å²) in [5.74, 6) is 0.782. The van der Waals surface area contributed by atoms with E-state index < -0.39 is 0 Å². The second kappa shape index (κ2) is 8.34. The highest BCUT2D eigenvalue weighted by Gasteiger charge is 2.14. The van der Waals surface area contributed by atoms with Gasteiger partial charge in [0.2, 0.25) is 0 Å². The number of halogens is 2. The first kappa shape index (κ1) is 17.8. The number of carbonyl (C=O) groups is 1. The van der Waals surface area contributed by atoms with Gasteiger partial charge in [-0.2, -0.15) is 0 Å². The molecular weight excluding hydrogens is 380 g/mol. The number of hydrogen-bond acceptors (Lipinski definition) is 2. The molecule has 0 radical (unpaired) electrons. The first-order valence-electron chi connectivity index (χ1n) is 7.17. The molecular formula is C17H19BrClN2O2+. The Hall–Kier alpha value is -1.56. The van der Waals surface area contributed by atoms with Crippen LogP contribution in [0.2, 0.25) is 5.02 Å². The van der Waals surface area contributed by atoms with E-state index in [1.165, 1.54) is 0 Å². The van der Waals surface area contributed by atoms with Crippen molar-refractivity contribution in [3.8, 4) is 5.75 Å². The molecule has 0 heterocycles. The van der Waals surface area contributed by atoms with E-state index in [2.05, 4.69) is 21.2 Å². The molecule has 23 heavy (non-hydrogen) atoms. The van der Waals surface area contributed by atoms with Crippen molar-refractivity contribution in [2.24, 2.45) is 0 Å². The minimum absolute atomic E-state index is 0.0428. The zero-order chi connectivity index (χ0) is 16.8. The quantitative estimate of drug-likeness (QED) is 0.786. The maximum Gasteiger partial charge on any atom is 0.279 e. The average molecular weight is 399 g/mol. The van der Waals surface area contributed by atoms with Gasteiger partial charge in [-0.15, -0.1) is 0 Å². The van der Waals surface area contributed by atoms with E-state index in [1.807, 2.05) is 25.2 Å². The summed E-state index contributed by atoms with van der Waals surface area (Å²) in [6.07, 6.45) is 0. The number of amides is 1. The summed E-state index contributed by atoms with van der Waals surface area (Å²) < 4.78 is 6.36. The van der Waals surface area contributed by atoms with Crippen LogP contribution in [0.15, 0.2) is 46.9 Å². The number of methoxy groups -OCH3 is 1. The minimum atomic E-state index is -0.0428.